The largest absolute Gasteiger partial charge is 0.278 e. The second kappa shape index (κ2) is 3.56. The first-order valence-corrected chi connectivity index (χ1v) is 3.28. The normalized spacial score (nSPS) is 13.5. The molecule has 0 saturated carbocycles. The average Bonchev–Trinajstić information content (AvgIpc) is 1.80. The van der Waals surface area contributed by atoms with Crippen LogP contribution in [0.3, 0.4) is 0 Å². The Labute approximate surface area is 62.4 Å². The molecular weight excluding hydrogens is 128 g/mol. The molecule has 0 heterocycles. The maximum atomic E-state index is 4.74. The third-order valence-electron chi connectivity index (χ3n) is 1.13. The summed E-state index contributed by atoms with van der Waals surface area (Å²) >= 11 is 0. The highest BCUT2D eigenvalue weighted by Crippen LogP contribution is 2.13. The van der Waals surface area contributed by atoms with Gasteiger partial charge >= 0.3 is 0 Å². The Morgan fingerprint density at radius 3 is 2.00 bits per heavy atom. The van der Waals surface area contributed by atoms with Crippen molar-refractivity contribution in [2.75, 3.05) is 14.2 Å². The fraction of sp³-hybridized carbons (Fsp3) is 0.857. The van der Waals surface area contributed by atoms with Crippen LogP contribution in [0.4, 0.5) is 0 Å². The monoisotopic (exact) mass is 144 g/mol. The van der Waals surface area contributed by atoms with Crippen LogP contribution in [0.5, 0.6) is 0 Å². The van der Waals surface area contributed by atoms with Crippen molar-refractivity contribution in [3.05, 3.63) is 0 Å². The van der Waals surface area contributed by atoms with E-state index in [0.717, 1.165) is 5.84 Å². The number of rotatable bonds is 1. The van der Waals surface area contributed by atoms with Gasteiger partial charge < -0.3 is 0 Å². The van der Waals surface area contributed by atoms with Crippen LogP contribution < -0.4 is 5.48 Å². The van der Waals surface area contributed by atoms with E-state index in [1.165, 1.54) is 0 Å². The molecule has 0 aliphatic carbocycles. The summed E-state index contributed by atoms with van der Waals surface area (Å²) in [5, 5.41) is 0. The van der Waals surface area contributed by atoms with Gasteiger partial charge in [-0.3, -0.25) is 15.3 Å². The summed E-state index contributed by atoms with van der Waals surface area (Å²) in [5.41, 5.74) is 2.75. The molecule has 0 bridgehead atoms. The minimum absolute atomic E-state index is 0.0325. The highest BCUT2D eigenvalue weighted by molar-refractivity contribution is 5.86. The number of hydrogen-bond donors (Lipinski definition) is 1. The molecule has 0 aromatic rings. The lowest BCUT2D eigenvalue weighted by molar-refractivity contribution is 0.136. The third-order valence-corrected chi connectivity index (χ3v) is 1.13. The number of nitrogens with one attached hydrogen (secondary N) is 1. The van der Waals surface area contributed by atoms with Crippen LogP contribution >= 0.6 is 0 Å². The summed E-state index contributed by atoms with van der Waals surface area (Å²) in [4.78, 5) is 8.77. The van der Waals surface area contributed by atoms with Crippen molar-refractivity contribution in [2.24, 2.45) is 10.4 Å². The van der Waals surface area contributed by atoms with Gasteiger partial charge in [0, 0.05) is 12.5 Å². The van der Waals surface area contributed by atoms with Crippen LogP contribution in [-0.2, 0) is 4.84 Å². The number of nitrogens with zero attached hydrogens (tertiary/aromatic N) is 1. The zero-order valence-electron chi connectivity index (χ0n) is 7.36. The van der Waals surface area contributed by atoms with Gasteiger partial charge in [-0.2, -0.15) is 0 Å². The average molecular weight is 144 g/mol. The predicted molar refractivity (Wildman–Crippen MR) is 43.0 cm³/mol. The van der Waals surface area contributed by atoms with E-state index in [1.807, 2.05) is 0 Å². The molecule has 1 N–H and O–H groups in total. The Morgan fingerprint density at radius 2 is 1.90 bits per heavy atom. The molecule has 0 fully saturated rings. The quantitative estimate of drug-likeness (QED) is 0.341. The van der Waals surface area contributed by atoms with Crippen molar-refractivity contribution in [3.63, 3.8) is 0 Å². The second-order valence-electron chi connectivity index (χ2n) is 3.13. The van der Waals surface area contributed by atoms with Gasteiger partial charge in [-0.1, -0.05) is 20.8 Å². The first-order valence-electron chi connectivity index (χ1n) is 3.28. The summed E-state index contributed by atoms with van der Waals surface area (Å²) < 4.78 is 0. The Hall–Kier alpha value is -0.570. The number of amidine groups is 1. The molecule has 3 heteroatoms. The van der Waals surface area contributed by atoms with Crippen LogP contribution in [0, 0.1) is 5.41 Å². The van der Waals surface area contributed by atoms with Gasteiger partial charge in [0.15, 0.2) is 0 Å². The van der Waals surface area contributed by atoms with Gasteiger partial charge in [0.25, 0.3) is 0 Å². The lowest BCUT2D eigenvalue weighted by Gasteiger charge is -2.20. The molecule has 0 aromatic carbocycles. The molecule has 0 aliphatic rings. The summed E-state index contributed by atoms with van der Waals surface area (Å²) in [7, 11) is 3.32. The molecule has 0 spiro atoms. The van der Waals surface area contributed by atoms with Gasteiger partial charge in [0.1, 0.15) is 5.84 Å². The molecular formula is C7H16N2O. The molecule has 0 amide bonds. The van der Waals surface area contributed by atoms with Crippen molar-refractivity contribution in [1.29, 1.82) is 0 Å². The molecule has 0 atom stereocenters. The fourth-order valence-electron chi connectivity index (χ4n) is 0.631. The molecule has 60 valence electrons. The van der Waals surface area contributed by atoms with E-state index in [-0.39, 0.29) is 5.41 Å². The van der Waals surface area contributed by atoms with E-state index in [2.05, 4.69) is 31.2 Å². The summed E-state index contributed by atoms with van der Waals surface area (Å²) in [6.45, 7) is 6.21. The maximum absolute atomic E-state index is 4.74. The van der Waals surface area contributed by atoms with Gasteiger partial charge in [0.2, 0.25) is 0 Å². The van der Waals surface area contributed by atoms with E-state index in [0.29, 0.717) is 0 Å². The van der Waals surface area contributed by atoms with Crippen molar-refractivity contribution in [1.82, 2.24) is 5.48 Å². The lowest BCUT2D eigenvalue weighted by atomic mass is 9.95. The Bertz CT molecular complexity index is 124. The molecule has 10 heavy (non-hydrogen) atoms. The van der Waals surface area contributed by atoms with E-state index in [9.17, 15) is 0 Å². The number of aliphatic imine (C=N–C) groups is 1. The van der Waals surface area contributed by atoms with Crippen molar-refractivity contribution >= 4 is 5.84 Å². The van der Waals surface area contributed by atoms with Crippen LogP contribution in [-0.4, -0.2) is 20.0 Å². The van der Waals surface area contributed by atoms with Crippen LogP contribution in [0.25, 0.3) is 0 Å². The maximum Gasteiger partial charge on any atom is 0.125 e. The first kappa shape index (κ1) is 9.43. The lowest BCUT2D eigenvalue weighted by Crippen LogP contribution is -2.34. The first-order chi connectivity index (χ1) is 4.52. The van der Waals surface area contributed by atoms with E-state index in [1.54, 1.807) is 14.2 Å². The van der Waals surface area contributed by atoms with Crippen LogP contribution in [0.15, 0.2) is 4.99 Å². The highest BCUT2D eigenvalue weighted by Gasteiger charge is 2.17. The third kappa shape index (κ3) is 2.82. The smallest absolute Gasteiger partial charge is 0.125 e. The number of hydrogen-bond acceptors (Lipinski definition) is 2. The summed E-state index contributed by atoms with van der Waals surface area (Å²) in [6.07, 6.45) is 0. The van der Waals surface area contributed by atoms with E-state index < -0.39 is 0 Å². The minimum Gasteiger partial charge on any atom is -0.278 e. The second-order valence-corrected chi connectivity index (χ2v) is 3.13. The fourth-order valence-corrected chi connectivity index (χ4v) is 0.631. The van der Waals surface area contributed by atoms with Crippen LogP contribution in [0.1, 0.15) is 20.8 Å². The van der Waals surface area contributed by atoms with Gasteiger partial charge in [-0.15, -0.1) is 0 Å². The Balaban J connectivity index is 4.10. The summed E-state index contributed by atoms with van der Waals surface area (Å²) in [6, 6.07) is 0. The molecule has 0 saturated heterocycles. The zero-order chi connectivity index (χ0) is 8.20. The van der Waals surface area contributed by atoms with Gasteiger partial charge in [-0.25, -0.2) is 0 Å². The molecule has 0 rings (SSSR count). The Morgan fingerprint density at radius 1 is 1.40 bits per heavy atom. The van der Waals surface area contributed by atoms with Gasteiger partial charge in [0.05, 0.1) is 7.11 Å². The zero-order valence-corrected chi connectivity index (χ0v) is 7.36. The standard InChI is InChI=1S/C7H16N2O/c1-7(2,3)6(8-4)9-10-5/h1-5H3,(H,8,9). The van der Waals surface area contributed by atoms with Crippen molar-refractivity contribution in [2.45, 2.75) is 20.8 Å². The van der Waals surface area contributed by atoms with E-state index in [4.69, 9.17) is 4.84 Å². The minimum atomic E-state index is 0.0325. The van der Waals surface area contributed by atoms with Crippen molar-refractivity contribution in [3.8, 4) is 0 Å². The SMILES string of the molecule is CN=C(NOC)C(C)(C)C. The number of hydroxylamine groups is 1. The van der Waals surface area contributed by atoms with Gasteiger partial charge in [-0.05, 0) is 0 Å². The van der Waals surface area contributed by atoms with Crippen molar-refractivity contribution < 1.29 is 4.84 Å². The van der Waals surface area contributed by atoms with E-state index >= 15 is 0 Å². The molecule has 0 aromatic heterocycles. The Kier molecular flexibility index (Phi) is 3.36. The summed E-state index contributed by atoms with van der Waals surface area (Å²) in [5.74, 6) is 0.856. The van der Waals surface area contributed by atoms with Crippen LogP contribution in [0.2, 0.25) is 0 Å². The predicted octanol–water partition coefficient (Wildman–Crippen LogP) is 1.21. The molecule has 0 aliphatic heterocycles. The molecule has 0 unspecified atom stereocenters. The molecule has 0 radical (unpaired) electrons. The highest BCUT2D eigenvalue weighted by atomic mass is 16.6. The topological polar surface area (TPSA) is 33.6 Å². The molecule has 3 nitrogen and oxygen atoms in total.